The van der Waals surface area contributed by atoms with E-state index in [1.807, 2.05) is 6.07 Å². The molecule has 4 aromatic rings. The SMILES string of the molecule is Ic1cc(-c2ccccc2)nc(-c2cccc3ccccc23)c1. The summed E-state index contributed by atoms with van der Waals surface area (Å²) >= 11 is 2.37. The third kappa shape index (κ3) is 2.86. The molecule has 0 saturated heterocycles. The number of halogens is 1. The van der Waals surface area contributed by atoms with E-state index in [9.17, 15) is 0 Å². The molecule has 23 heavy (non-hydrogen) atoms. The van der Waals surface area contributed by atoms with Gasteiger partial charge in [-0.25, -0.2) is 4.98 Å². The molecule has 0 aliphatic heterocycles. The van der Waals surface area contributed by atoms with Crippen molar-refractivity contribution in [3.63, 3.8) is 0 Å². The van der Waals surface area contributed by atoms with Crippen LogP contribution in [-0.4, -0.2) is 4.98 Å². The smallest absolute Gasteiger partial charge is 0.0726 e. The highest BCUT2D eigenvalue weighted by molar-refractivity contribution is 14.1. The van der Waals surface area contributed by atoms with Gasteiger partial charge in [-0.15, -0.1) is 0 Å². The highest BCUT2D eigenvalue weighted by atomic mass is 127. The first-order valence-electron chi connectivity index (χ1n) is 7.52. The molecule has 110 valence electrons. The first-order chi connectivity index (χ1) is 11.3. The monoisotopic (exact) mass is 407 g/mol. The molecule has 0 aliphatic carbocycles. The van der Waals surface area contributed by atoms with Crippen molar-refractivity contribution in [3.05, 3.63) is 88.5 Å². The minimum absolute atomic E-state index is 1.01. The zero-order chi connectivity index (χ0) is 15.6. The molecular formula is C21H14IN. The number of rotatable bonds is 2. The Morgan fingerprint density at radius 3 is 2.22 bits per heavy atom. The molecule has 1 aromatic heterocycles. The third-order valence-electron chi connectivity index (χ3n) is 3.93. The van der Waals surface area contributed by atoms with Gasteiger partial charge in [0, 0.05) is 14.7 Å². The van der Waals surface area contributed by atoms with Gasteiger partial charge in [0.25, 0.3) is 0 Å². The van der Waals surface area contributed by atoms with Crippen LogP contribution in [0.25, 0.3) is 33.3 Å². The van der Waals surface area contributed by atoms with Crippen LogP contribution in [0.4, 0.5) is 0 Å². The highest BCUT2D eigenvalue weighted by Crippen LogP contribution is 2.30. The van der Waals surface area contributed by atoms with Gasteiger partial charge in [0.2, 0.25) is 0 Å². The van der Waals surface area contributed by atoms with Crippen molar-refractivity contribution in [1.29, 1.82) is 0 Å². The molecule has 0 amide bonds. The maximum absolute atomic E-state index is 4.92. The third-order valence-corrected chi connectivity index (χ3v) is 4.55. The molecule has 0 atom stereocenters. The Morgan fingerprint density at radius 2 is 1.35 bits per heavy atom. The number of fused-ring (bicyclic) bond motifs is 1. The maximum atomic E-state index is 4.92. The molecule has 0 fully saturated rings. The molecular weight excluding hydrogens is 393 g/mol. The number of nitrogens with zero attached hydrogens (tertiary/aromatic N) is 1. The van der Waals surface area contributed by atoms with E-state index in [1.165, 1.54) is 19.9 Å². The van der Waals surface area contributed by atoms with Crippen LogP contribution in [0.3, 0.4) is 0 Å². The summed E-state index contributed by atoms with van der Waals surface area (Å²) in [5.41, 5.74) is 4.36. The lowest BCUT2D eigenvalue weighted by molar-refractivity contribution is 1.32. The average Bonchev–Trinajstić information content (AvgIpc) is 2.61. The van der Waals surface area contributed by atoms with Gasteiger partial charge in [-0.05, 0) is 45.5 Å². The second kappa shape index (κ2) is 6.13. The van der Waals surface area contributed by atoms with Crippen molar-refractivity contribution in [1.82, 2.24) is 4.98 Å². The van der Waals surface area contributed by atoms with E-state index in [4.69, 9.17) is 4.98 Å². The predicted molar refractivity (Wildman–Crippen MR) is 105 cm³/mol. The Hall–Kier alpha value is -2.20. The molecule has 0 saturated carbocycles. The van der Waals surface area contributed by atoms with Crippen LogP contribution >= 0.6 is 22.6 Å². The standard InChI is InChI=1S/C21H14IN/c22-17-13-20(16-8-2-1-3-9-16)23-21(14-17)19-12-6-10-15-7-4-5-11-18(15)19/h1-14H. The Labute approximate surface area is 149 Å². The Kier molecular flexibility index (Phi) is 3.83. The lowest BCUT2D eigenvalue weighted by Crippen LogP contribution is -1.91. The summed E-state index contributed by atoms with van der Waals surface area (Å²) in [6.45, 7) is 0. The summed E-state index contributed by atoms with van der Waals surface area (Å²) in [7, 11) is 0. The first kappa shape index (κ1) is 14.4. The van der Waals surface area contributed by atoms with Crippen LogP contribution in [0.1, 0.15) is 0 Å². The molecule has 4 rings (SSSR count). The van der Waals surface area contributed by atoms with Crippen molar-refractivity contribution < 1.29 is 0 Å². The highest BCUT2D eigenvalue weighted by Gasteiger charge is 2.08. The van der Waals surface area contributed by atoms with Gasteiger partial charge >= 0.3 is 0 Å². The zero-order valence-corrected chi connectivity index (χ0v) is 14.6. The van der Waals surface area contributed by atoms with Crippen molar-refractivity contribution in [3.8, 4) is 22.5 Å². The molecule has 0 spiro atoms. The van der Waals surface area contributed by atoms with Crippen LogP contribution in [-0.2, 0) is 0 Å². The van der Waals surface area contributed by atoms with Gasteiger partial charge in [0.15, 0.2) is 0 Å². The summed E-state index contributed by atoms with van der Waals surface area (Å²) in [6.07, 6.45) is 0. The van der Waals surface area contributed by atoms with Gasteiger partial charge in [-0.1, -0.05) is 72.8 Å². The van der Waals surface area contributed by atoms with E-state index in [2.05, 4.69) is 101 Å². The number of hydrogen-bond acceptors (Lipinski definition) is 1. The van der Waals surface area contributed by atoms with Crippen LogP contribution in [0, 0.1) is 3.57 Å². The Bertz CT molecular complexity index is 972. The molecule has 0 unspecified atom stereocenters. The molecule has 1 nitrogen and oxygen atoms in total. The average molecular weight is 407 g/mol. The fourth-order valence-corrected chi connectivity index (χ4v) is 3.43. The summed E-state index contributed by atoms with van der Waals surface area (Å²) in [5, 5.41) is 2.48. The minimum atomic E-state index is 1.01. The first-order valence-corrected chi connectivity index (χ1v) is 8.60. The van der Waals surface area contributed by atoms with Gasteiger partial charge < -0.3 is 0 Å². The van der Waals surface area contributed by atoms with Crippen LogP contribution < -0.4 is 0 Å². The molecule has 1 heterocycles. The van der Waals surface area contributed by atoms with E-state index < -0.39 is 0 Å². The van der Waals surface area contributed by atoms with Crippen LogP contribution in [0.5, 0.6) is 0 Å². The number of pyridine rings is 1. The molecule has 0 N–H and O–H groups in total. The second-order valence-corrected chi connectivity index (χ2v) is 6.69. The molecule has 0 radical (unpaired) electrons. The van der Waals surface area contributed by atoms with E-state index in [0.717, 1.165) is 17.0 Å². The maximum Gasteiger partial charge on any atom is 0.0726 e. The summed E-state index contributed by atoms with van der Waals surface area (Å²) in [5.74, 6) is 0. The lowest BCUT2D eigenvalue weighted by atomic mass is 10.0. The topological polar surface area (TPSA) is 12.9 Å². The lowest BCUT2D eigenvalue weighted by Gasteiger charge is -2.09. The van der Waals surface area contributed by atoms with Gasteiger partial charge in [-0.3, -0.25) is 0 Å². The summed E-state index contributed by atoms with van der Waals surface area (Å²) in [4.78, 5) is 4.92. The molecule has 3 aromatic carbocycles. The van der Waals surface area contributed by atoms with Crippen LogP contribution in [0.2, 0.25) is 0 Å². The number of benzene rings is 3. The number of hydrogen-bond donors (Lipinski definition) is 0. The summed E-state index contributed by atoms with van der Waals surface area (Å²) < 4.78 is 1.19. The number of aromatic nitrogens is 1. The van der Waals surface area contributed by atoms with Crippen molar-refractivity contribution >= 4 is 33.4 Å². The van der Waals surface area contributed by atoms with E-state index in [1.54, 1.807) is 0 Å². The Balaban J connectivity index is 1.94. The molecule has 2 heteroatoms. The fraction of sp³-hybridized carbons (Fsp3) is 0. The second-order valence-electron chi connectivity index (χ2n) is 5.45. The predicted octanol–water partition coefficient (Wildman–Crippen LogP) is 6.17. The van der Waals surface area contributed by atoms with Gasteiger partial charge in [-0.2, -0.15) is 0 Å². The molecule has 0 bridgehead atoms. The zero-order valence-electron chi connectivity index (χ0n) is 12.4. The van der Waals surface area contributed by atoms with Crippen molar-refractivity contribution in [2.75, 3.05) is 0 Å². The summed E-state index contributed by atoms with van der Waals surface area (Å²) in [6, 6.07) is 29.5. The van der Waals surface area contributed by atoms with E-state index in [-0.39, 0.29) is 0 Å². The normalized spacial score (nSPS) is 10.8. The molecule has 0 aliphatic rings. The van der Waals surface area contributed by atoms with Crippen molar-refractivity contribution in [2.45, 2.75) is 0 Å². The van der Waals surface area contributed by atoms with Gasteiger partial charge in [0.05, 0.1) is 11.4 Å². The van der Waals surface area contributed by atoms with Crippen LogP contribution in [0.15, 0.2) is 84.9 Å². The van der Waals surface area contributed by atoms with Crippen molar-refractivity contribution in [2.24, 2.45) is 0 Å². The fourth-order valence-electron chi connectivity index (χ4n) is 2.84. The largest absolute Gasteiger partial charge is 0.248 e. The quantitative estimate of drug-likeness (QED) is 0.362. The Morgan fingerprint density at radius 1 is 0.652 bits per heavy atom. The van der Waals surface area contributed by atoms with E-state index in [0.29, 0.717) is 0 Å². The van der Waals surface area contributed by atoms with Gasteiger partial charge in [0.1, 0.15) is 0 Å². The van der Waals surface area contributed by atoms with E-state index >= 15 is 0 Å². The minimum Gasteiger partial charge on any atom is -0.248 e.